The van der Waals surface area contributed by atoms with Gasteiger partial charge in [0.15, 0.2) is 0 Å². The van der Waals surface area contributed by atoms with E-state index in [0.29, 0.717) is 0 Å². The summed E-state index contributed by atoms with van der Waals surface area (Å²) in [6.07, 6.45) is 5.58. The van der Waals surface area contributed by atoms with Gasteiger partial charge in [-0.2, -0.15) is 0 Å². The summed E-state index contributed by atoms with van der Waals surface area (Å²) in [5, 5.41) is 0. The number of rotatable bonds is 6. The van der Waals surface area contributed by atoms with E-state index in [1.165, 1.54) is 11.1 Å². The molecule has 6 aromatic rings. The highest BCUT2D eigenvalue weighted by atomic mass is 14.9. The van der Waals surface area contributed by atoms with Crippen molar-refractivity contribution in [2.45, 2.75) is 0 Å². The molecule has 0 radical (unpaired) electrons. The van der Waals surface area contributed by atoms with Gasteiger partial charge in [0.1, 0.15) is 11.6 Å². The average molecular weight is 465 g/mol. The zero-order valence-corrected chi connectivity index (χ0v) is 19.7. The molecule has 0 spiro atoms. The second-order valence-corrected chi connectivity index (χ2v) is 8.70. The molecule has 36 heavy (non-hydrogen) atoms. The monoisotopic (exact) mass is 464 g/mol. The number of nitrogens with one attached hydrogen (secondary N) is 2. The fourth-order valence-corrected chi connectivity index (χ4v) is 4.36. The minimum absolute atomic E-state index is 0.827. The van der Waals surface area contributed by atoms with E-state index in [1.54, 1.807) is 6.08 Å². The number of imidazole rings is 2. The average Bonchev–Trinajstić information content (AvgIpc) is 3.54. The predicted molar refractivity (Wildman–Crippen MR) is 150 cm³/mol. The number of nitrogens with zero attached hydrogens (tertiary/aromatic N) is 2. The van der Waals surface area contributed by atoms with Crippen LogP contribution in [0.3, 0.4) is 0 Å². The second kappa shape index (κ2) is 9.01. The van der Waals surface area contributed by atoms with Crippen LogP contribution in [-0.4, -0.2) is 19.9 Å². The predicted octanol–water partition coefficient (Wildman–Crippen LogP) is 8.20. The first-order chi connectivity index (χ1) is 17.7. The molecule has 0 bridgehead atoms. The van der Waals surface area contributed by atoms with Crippen LogP contribution < -0.4 is 0 Å². The van der Waals surface area contributed by atoms with E-state index in [0.717, 1.165) is 56.0 Å². The number of hydrogen-bond acceptors (Lipinski definition) is 2. The standard InChI is InChI=1S/C32H24N4/c1-3-4-8-21(2)22-11-15-25(16-12-22)31-33-27-19-29-30(20-28(27)34-31)36-32(35-29)26-17-13-24(14-18-26)23-9-6-5-7-10-23/h3-20H,1-2H2,(H,33,34)(H,35,36)/b8-4-. The van der Waals surface area contributed by atoms with Crippen LogP contribution in [-0.2, 0) is 0 Å². The highest BCUT2D eigenvalue weighted by Crippen LogP contribution is 2.28. The Hall–Kier alpha value is -4.96. The highest BCUT2D eigenvalue weighted by molar-refractivity contribution is 5.94. The Morgan fingerprint density at radius 2 is 1.17 bits per heavy atom. The van der Waals surface area contributed by atoms with Crippen molar-refractivity contribution in [1.82, 2.24) is 19.9 Å². The van der Waals surface area contributed by atoms with Gasteiger partial charge in [-0.05, 0) is 34.4 Å². The Bertz CT molecular complexity index is 1680. The summed E-state index contributed by atoms with van der Waals surface area (Å²) in [6, 6.07) is 31.2. The maximum Gasteiger partial charge on any atom is 0.138 e. The number of aromatic amines is 2. The van der Waals surface area contributed by atoms with Crippen molar-refractivity contribution < 1.29 is 0 Å². The normalized spacial score (nSPS) is 11.4. The number of H-pyrrole nitrogens is 2. The van der Waals surface area contributed by atoms with E-state index in [1.807, 2.05) is 24.3 Å². The van der Waals surface area contributed by atoms with Crippen LogP contribution in [0.4, 0.5) is 0 Å². The fourth-order valence-electron chi connectivity index (χ4n) is 4.36. The Balaban J connectivity index is 1.28. The summed E-state index contributed by atoms with van der Waals surface area (Å²) in [5.74, 6) is 1.67. The number of hydrogen-bond donors (Lipinski definition) is 2. The van der Waals surface area contributed by atoms with E-state index in [9.17, 15) is 0 Å². The molecule has 0 amide bonds. The van der Waals surface area contributed by atoms with Crippen molar-refractivity contribution in [3.63, 3.8) is 0 Å². The third-order valence-electron chi connectivity index (χ3n) is 6.31. The van der Waals surface area contributed by atoms with E-state index in [-0.39, 0.29) is 0 Å². The zero-order valence-electron chi connectivity index (χ0n) is 19.7. The van der Waals surface area contributed by atoms with E-state index in [2.05, 4.69) is 102 Å². The third kappa shape index (κ3) is 4.05. The van der Waals surface area contributed by atoms with Crippen LogP contribution in [0.2, 0.25) is 0 Å². The van der Waals surface area contributed by atoms with Gasteiger partial charge in [0.25, 0.3) is 0 Å². The molecule has 0 fully saturated rings. The summed E-state index contributed by atoms with van der Waals surface area (Å²) in [6.45, 7) is 7.81. The smallest absolute Gasteiger partial charge is 0.138 e. The van der Waals surface area contributed by atoms with Gasteiger partial charge in [0.2, 0.25) is 0 Å². The maximum atomic E-state index is 4.84. The first-order valence-electron chi connectivity index (χ1n) is 11.8. The Morgan fingerprint density at radius 3 is 1.75 bits per heavy atom. The van der Waals surface area contributed by atoms with Gasteiger partial charge in [-0.1, -0.05) is 110 Å². The van der Waals surface area contributed by atoms with Crippen LogP contribution in [0.5, 0.6) is 0 Å². The van der Waals surface area contributed by atoms with Gasteiger partial charge in [0, 0.05) is 11.1 Å². The van der Waals surface area contributed by atoms with Crippen LogP contribution >= 0.6 is 0 Å². The first-order valence-corrected chi connectivity index (χ1v) is 11.8. The molecule has 0 aliphatic heterocycles. The third-order valence-corrected chi connectivity index (χ3v) is 6.31. The minimum Gasteiger partial charge on any atom is -0.338 e. The molecule has 4 aromatic carbocycles. The largest absolute Gasteiger partial charge is 0.338 e. The van der Waals surface area contributed by atoms with Crippen LogP contribution in [0.1, 0.15) is 5.56 Å². The molecule has 0 unspecified atom stereocenters. The molecule has 0 aliphatic rings. The quantitative estimate of drug-likeness (QED) is 0.244. The van der Waals surface area contributed by atoms with Gasteiger partial charge in [-0.15, -0.1) is 0 Å². The van der Waals surface area contributed by atoms with Crippen LogP contribution in [0.15, 0.2) is 122 Å². The van der Waals surface area contributed by atoms with Crippen molar-refractivity contribution in [2.24, 2.45) is 0 Å². The number of allylic oxidation sites excluding steroid dienone is 4. The lowest BCUT2D eigenvalue weighted by atomic mass is 10.0. The SMILES string of the molecule is C=C/C=C\C(=C)c1ccc(-c2nc3cc4nc(-c5ccc(-c6ccccc6)cc5)[nH]c4cc3[nH]2)cc1. The Labute approximate surface area is 209 Å². The topological polar surface area (TPSA) is 57.4 Å². The lowest BCUT2D eigenvalue weighted by Crippen LogP contribution is -1.83. The molecule has 4 nitrogen and oxygen atoms in total. The van der Waals surface area contributed by atoms with Crippen molar-refractivity contribution in [2.75, 3.05) is 0 Å². The Morgan fingerprint density at radius 1 is 0.639 bits per heavy atom. The summed E-state index contributed by atoms with van der Waals surface area (Å²) in [4.78, 5) is 16.6. The van der Waals surface area contributed by atoms with Crippen molar-refractivity contribution in [3.05, 3.63) is 128 Å². The Kier molecular flexibility index (Phi) is 5.39. The number of aromatic nitrogens is 4. The van der Waals surface area contributed by atoms with Crippen LogP contribution in [0.25, 0.3) is 61.5 Å². The molecule has 0 saturated heterocycles. The molecule has 2 heterocycles. The molecule has 2 aromatic heterocycles. The summed E-state index contributed by atoms with van der Waals surface area (Å²) in [5.41, 5.74) is 10.2. The van der Waals surface area contributed by atoms with Gasteiger partial charge in [-0.3, -0.25) is 0 Å². The van der Waals surface area contributed by atoms with E-state index < -0.39 is 0 Å². The summed E-state index contributed by atoms with van der Waals surface area (Å²) in [7, 11) is 0. The van der Waals surface area contributed by atoms with Crippen molar-refractivity contribution >= 4 is 27.6 Å². The molecule has 2 N–H and O–H groups in total. The molecule has 4 heteroatoms. The van der Waals surface area contributed by atoms with Crippen LogP contribution in [0, 0.1) is 0 Å². The zero-order chi connectivity index (χ0) is 24.5. The van der Waals surface area contributed by atoms with E-state index in [4.69, 9.17) is 9.97 Å². The van der Waals surface area contributed by atoms with Gasteiger partial charge < -0.3 is 9.97 Å². The van der Waals surface area contributed by atoms with E-state index >= 15 is 0 Å². The minimum atomic E-state index is 0.827. The van der Waals surface area contributed by atoms with Gasteiger partial charge >= 0.3 is 0 Å². The maximum absolute atomic E-state index is 4.84. The molecule has 172 valence electrons. The molecule has 0 aliphatic carbocycles. The molecular formula is C32H24N4. The summed E-state index contributed by atoms with van der Waals surface area (Å²) >= 11 is 0. The van der Waals surface area contributed by atoms with Gasteiger partial charge in [0.05, 0.1) is 22.1 Å². The molecule has 0 saturated carbocycles. The first kappa shape index (κ1) is 21.6. The second-order valence-electron chi connectivity index (χ2n) is 8.70. The lowest BCUT2D eigenvalue weighted by molar-refractivity contribution is 1.32. The van der Waals surface area contributed by atoms with Crippen molar-refractivity contribution in [3.8, 4) is 33.9 Å². The number of fused-ring (bicyclic) bond motifs is 2. The fraction of sp³-hybridized carbons (Fsp3) is 0. The summed E-state index contributed by atoms with van der Waals surface area (Å²) < 4.78 is 0. The number of benzene rings is 4. The highest BCUT2D eigenvalue weighted by Gasteiger charge is 2.11. The van der Waals surface area contributed by atoms with Crippen molar-refractivity contribution in [1.29, 1.82) is 0 Å². The van der Waals surface area contributed by atoms with Gasteiger partial charge in [-0.25, -0.2) is 9.97 Å². The molecule has 6 rings (SSSR count). The molecular weight excluding hydrogens is 440 g/mol. The lowest BCUT2D eigenvalue weighted by Gasteiger charge is -2.02. The molecule has 0 atom stereocenters.